The van der Waals surface area contributed by atoms with Crippen molar-refractivity contribution in [2.75, 3.05) is 25.0 Å². The van der Waals surface area contributed by atoms with Gasteiger partial charge in [-0.15, -0.1) is 0 Å². The predicted molar refractivity (Wildman–Crippen MR) is 99.4 cm³/mol. The van der Waals surface area contributed by atoms with Gasteiger partial charge >= 0.3 is 0 Å². The summed E-state index contributed by atoms with van der Waals surface area (Å²) >= 11 is 6.00. The molecule has 8 nitrogen and oxygen atoms in total. The van der Waals surface area contributed by atoms with Gasteiger partial charge in [-0.25, -0.2) is 0 Å². The number of amides is 1. The lowest BCUT2D eigenvalue weighted by molar-refractivity contribution is -0.384. The molecule has 0 aliphatic carbocycles. The van der Waals surface area contributed by atoms with E-state index in [1.807, 2.05) is 0 Å². The predicted octanol–water partition coefficient (Wildman–Crippen LogP) is 2.31. The van der Waals surface area contributed by atoms with Gasteiger partial charge in [0.2, 0.25) is 0 Å². The molecule has 4 N–H and O–H groups in total. The first kappa shape index (κ1) is 19.5. The van der Waals surface area contributed by atoms with Crippen LogP contribution in [0.25, 0.3) is 0 Å². The molecule has 1 amide bonds. The molecule has 26 heavy (non-hydrogen) atoms. The number of non-ortho nitro benzene ring substituents is 1. The van der Waals surface area contributed by atoms with Crippen LogP contribution in [0.15, 0.2) is 42.5 Å². The van der Waals surface area contributed by atoms with Crippen LogP contribution < -0.4 is 21.1 Å². The number of rotatable bonds is 10. The summed E-state index contributed by atoms with van der Waals surface area (Å²) in [4.78, 5) is 21.0. The fraction of sp³-hybridized carbons (Fsp3) is 0.235. The molecular formula is C17H19ClN4O4. The fourth-order valence-corrected chi connectivity index (χ4v) is 2.39. The van der Waals surface area contributed by atoms with Gasteiger partial charge in [0.15, 0.2) is 6.61 Å². The SMILES string of the molecule is NC(=O)COc1ccc(Cl)cc1CNCCNc1ccc([N+](=O)[O-])cc1. The van der Waals surface area contributed by atoms with Crippen LogP contribution in [0, 0.1) is 10.1 Å². The van der Waals surface area contributed by atoms with Gasteiger partial charge in [-0.2, -0.15) is 0 Å². The maximum Gasteiger partial charge on any atom is 0.269 e. The number of hydrogen-bond acceptors (Lipinski definition) is 6. The Morgan fingerprint density at radius 2 is 1.92 bits per heavy atom. The summed E-state index contributed by atoms with van der Waals surface area (Å²) in [5, 5.41) is 17.6. The molecule has 138 valence electrons. The van der Waals surface area contributed by atoms with Gasteiger partial charge in [0, 0.05) is 48.0 Å². The monoisotopic (exact) mass is 378 g/mol. The van der Waals surface area contributed by atoms with Crippen molar-refractivity contribution in [2.45, 2.75) is 6.54 Å². The average molecular weight is 379 g/mol. The van der Waals surface area contributed by atoms with Crippen LogP contribution >= 0.6 is 11.6 Å². The van der Waals surface area contributed by atoms with E-state index < -0.39 is 10.8 Å². The highest BCUT2D eigenvalue weighted by atomic mass is 35.5. The second-order valence-electron chi connectivity index (χ2n) is 5.41. The van der Waals surface area contributed by atoms with Crippen molar-refractivity contribution in [1.82, 2.24) is 5.32 Å². The lowest BCUT2D eigenvalue weighted by Crippen LogP contribution is -2.23. The van der Waals surface area contributed by atoms with E-state index in [1.165, 1.54) is 12.1 Å². The van der Waals surface area contributed by atoms with Crippen LogP contribution in [0.3, 0.4) is 0 Å². The maximum atomic E-state index is 10.9. The first-order valence-electron chi connectivity index (χ1n) is 7.84. The topological polar surface area (TPSA) is 120 Å². The van der Waals surface area contributed by atoms with Crippen LogP contribution in [0.5, 0.6) is 5.75 Å². The van der Waals surface area contributed by atoms with Crippen molar-refractivity contribution >= 4 is 28.9 Å². The maximum absolute atomic E-state index is 10.9. The van der Waals surface area contributed by atoms with E-state index in [2.05, 4.69) is 10.6 Å². The molecular weight excluding hydrogens is 360 g/mol. The minimum Gasteiger partial charge on any atom is -0.483 e. The van der Waals surface area contributed by atoms with E-state index in [-0.39, 0.29) is 12.3 Å². The molecule has 0 saturated carbocycles. The number of nitrogens with zero attached hydrogens (tertiary/aromatic N) is 1. The van der Waals surface area contributed by atoms with Crippen LogP contribution in [0.1, 0.15) is 5.56 Å². The van der Waals surface area contributed by atoms with E-state index in [0.29, 0.717) is 30.4 Å². The molecule has 0 radical (unpaired) electrons. The van der Waals surface area contributed by atoms with Crippen LogP contribution in [0.2, 0.25) is 5.02 Å². The number of halogens is 1. The number of nitro groups is 1. The number of nitrogens with two attached hydrogens (primary N) is 1. The lowest BCUT2D eigenvalue weighted by Gasteiger charge is -2.12. The first-order chi connectivity index (χ1) is 12.5. The Kier molecular flexibility index (Phi) is 7.19. The number of benzene rings is 2. The largest absolute Gasteiger partial charge is 0.483 e. The zero-order valence-electron chi connectivity index (χ0n) is 13.9. The molecule has 0 fully saturated rings. The number of primary amides is 1. The van der Waals surface area contributed by atoms with E-state index >= 15 is 0 Å². The number of anilines is 1. The first-order valence-corrected chi connectivity index (χ1v) is 8.22. The molecule has 0 saturated heterocycles. The molecule has 2 rings (SSSR count). The zero-order valence-corrected chi connectivity index (χ0v) is 14.7. The summed E-state index contributed by atoms with van der Waals surface area (Å²) in [6.07, 6.45) is 0. The quantitative estimate of drug-likeness (QED) is 0.331. The second-order valence-corrected chi connectivity index (χ2v) is 5.85. The van der Waals surface area contributed by atoms with Gasteiger partial charge in [0.05, 0.1) is 4.92 Å². The summed E-state index contributed by atoms with van der Waals surface area (Å²) in [6, 6.07) is 11.3. The molecule has 2 aromatic rings. The Hall–Kier alpha value is -2.84. The zero-order chi connectivity index (χ0) is 18.9. The highest BCUT2D eigenvalue weighted by Crippen LogP contribution is 2.22. The molecule has 0 spiro atoms. The van der Waals surface area contributed by atoms with Gasteiger partial charge in [-0.3, -0.25) is 14.9 Å². The molecule has 0 bridgehead atoms. The fourth-order valence-electron chi connectivity index (χ4n) is 2.20. The Morgan fingerprint density at radius 3 is 2.58 bits per heavy atom. The number of hydrogen-bond donors (Lipinski definition) is 3. The molecule has 2 aromatic carbocycles. The van der Waals surface area contributed by atoms with Crippen molar-refractivity contribution in [3.63, 3.8) is 0 Å². The summed E-state index contributed by atoms with van der Waals surface area (Å²) in [7, 11) is 0. The molecule has 0 aromatic heterocycles. The van der Waals surface area contributed by atoms with Gasteiger partial charge in [0.1, 0.15) is 5.75 Å². The lowest BCUT2D eigenvalue weighted by atomic mass is 10.2. The van der Waals surface area contributed by atoms with Gasteiger partial charge in [-0.05, 0) is 30.3 Å². The summed E-state index contributed by atoms with van der Waals surface area (Å²) < 4.78 is 5.37. The van der Waals surface area contributed by atoms with Crippen molar-refractivity contribution in [3.05, 3.63) is 63.2 Å². The summed E-state index contributed by atoms with van der Waals surface area (Å²) in [5.41, 5.74) is 6.75. The third kappa shape index (κ3) is 6.23. The number of carbonyl (C=O) groups excluding carboxylic acids is 1. The summed E-state index contributed by atoms with van der Waals surface area (Å²) in [6.45, 7) is 1.56. The van der Waals surface area contributed by atoms with Crippen molar-refractivity contribution < 1.29 is 14.5 Å². The second kappa shape index (κ2) is 9.59. The standard InChI is InChI=1S/C17H19ClN4O4/c18-13-1-6-16(26-11-17(19)23)12(9-13)10-20-7-8-21-14-2-4-15(5-3-14)22(24)25/h1-6,9,20-21H,7-8,10-11H2,(H2,19,23). The van der Waals surface area contributed by atoms with Gasteiger partial charge in [-0.1, -0.05) is 11.6 Å². The number of nitro benzene ring substituents is 1. The third-order valence-electron chi connectivity index (χ3n) is 3.42. The third-order valence-corrected chi connectivity index (χ3v) is 3.65. The van der Waals surface area contributed by atoms with E-state index in [4.69, 9.17) is 22.1 Å². The highest BCUT2D eigenvalue weighted by molar-refractivity contribution is 6.30. The van der Waals surface area contributed by atoms with Crippen molar-refractivity contribution in [2.24, 2.45) is 5.73 Å². The van der Waals surface area contributed by atoms with Gasteiger partial charge < -0.3 is 21.1 Å². The minimum atomic E-state index is -0.550. The Labute approximate surface area is 155 Å². The average Bonchev–Trinajstić information content (AvgIpc) is 2.61. The molecule has 0 aliphatic heterocycles. The molecule has 9 heteroatoms. The van der Waals surface area contributed by atoms with Crippen molar-refractivity contribution in [1.29, 1.82) is 0 Å². The summed E-state index contributed by atoms with van der Waals surface area (Å²) in [5.74, 6) is -0.00446. The molecule has 0 unspecified atom stereocenters. The Balaban J connectivity index is 1.79. The minimum absolute atomic E-state index is 0.0538. The number of carbonyl (C=O) groups is 1. The Morgan fingerprint density at radius 1 is 1.19 bits per heavy atom. The van der Waals surface area contributed by atoms with Gasteiger partial charge in [0.25, 0.3) is 11.6 Å². The molecule has 0 aliphatic rings. The normalized spacial score (nSPS) is 10.3. The van der Waals surface area contributed by atoms with Crippen molar-refractivity contribution in [3.8, 4) is 5.75 Å². The van der Waals surface area contributed by atoms with E-state index in [0.717, 1.165) is 11.3 Å². The number of ether oxygens (including phenoxy) is 1. The van der Waals surface area contributed by atoms with E-state index in [1.54, 1.807) is 30.3 Å². The molecule has 0 atom stereocenters. The highest BCUT2D eigenvalue weighted by Gasteiger charge is 2.07. The van der Waals surface area contributed by atoms with E-state index in [9.17, 15) is 14.9 Å². The Bertz CT molecular complexity index is 768. The van der Waals surface area contributed by atoms with Crippen LogP contribution in [0.4, 0.5) is 11.4 Å². The smallest absolute Gasteiger partial charge is 0.269 e. The van der Waals surface area contributed by atoms with Crippen LogP contribution in [-0.4, -0.2) is 30.5 Å². The number of nitrogens with one attached hydrogen (secondary N) is 2. The van der Waals surface area contributed by atoms with Crippen LogP contribution in [-0.2, 0) is 11.3 Å². The molecule has 0 heterocycles.